The van der Waals surface area contributed by atoms with Crippen LogP contribution in [-0.2, 0) is 17.9 Å². The van der Waals surface area contributed by atoms with Crippen molar-refractivity contribution in [1.82, 2.24) is 15.1 Å². The van der Waals surface area contributed by atoms with Crippen molar-refractivity contribution >= 4 is 5.91 Å². The number of rotatable bonds is 4. The van der Waals surface area contributed by atoms with Crippen LogP contribution in [0.1, 0.15) is 17.0 Å². The van der Waals surface area contributed by atoms with Crippen LogP contribution >= 0.6 is 0 Å². The normalized spacial score (nSPS) is 9.88. The molecule has 0 spiro atoms. The van der Waals surface area contributed by atoms with Crippen molar-refractivity contribution in [2.45, 2.75) is 27.0 Å². The molecule has 16 heavy (non-hydrogen) atoms. The lowest BCUT2D eigenvalue weighted by Gasteiger charge is -2.04. The molecule has 0 aromatic carbocycles. The fraction of sp³-hybridized carbons (Fsp3) is 0.455. The van der Waals surface area contributed by atoms with Crippen LogP contribution in [0, 0.1) is 26.2 Å². The van der Waals surface area contributed by atoms with E-state index in [1.54, 1.807) is 11.6 Å². The number of carbonyl (C=O) groups is 1. The number of nitrogens with zero attached hydrogens (tertiary/aromatic N) is 2. The van der Waals surface area contributed by atoms with Crippen molar-refractivity contribution in [1.29, 1.82) is 0 Å². The van der Waals surface area contributed by atoms with Gasteiger partial charge in [0, 0.05) is 11.3 Å². The summed E-state index contributed by atoms with van der Waals surface area (Å²) in [6, 6.07) is 0. The van der Waals surface area contributed by atoms with E-state index in [0.29, 0.717) is 0 Å². The van der Waals surface area contributed by atoms with E-state index < -0.39 is 0 Å². The van der Waals surface area contributed by atoms with Gasteiger partial charge in [-0.3, -0.25) is 9.48 Å². The van der Waals surface area contributed by atoms with Gasteiger partial charge >= 0.3 is 0 Å². The van der Waals surface area contributed by atoms with Crippen molar-refractivity contribution in [2.75, 3.05) is 6.54 Å². The maximum absolute atomic E-state index is 11.4. The van der Waals surface area contributed by atoms with Crippen molar-refractivity contribution in [3.63, 3.8) is 0 Å². The fourth-order valence-corrected chi connectivity index (χ4v) is 1.46. The molecule has 2 N–H and O–H groups in total. The zero-order valence-electron chi connectivity index (χ0n) is 9.45. The van der Waals surface area contributed by atoms with E-state index in [4.69, 9.17) is 11.5 Å². The molecule has 0 aliphatic rings. The van der Waals surface area contributed by atoms with Gasteiger partial charge in [-0.25, -0.2) is 0 Å². The van der Waals surface area contributed by atoms with Gasteiger partial charge in [-0.2, -0.15) is 5.10 Å². The number of hydrogen-bond acceptors (Lipinski definition) is 3. The lowest BCUT2D eigenvalue weighted by Crippen LogP contribution is -2.28. The Hall–Kier alpha value is -1.80. The number of aryl methyl sites for hydroxylation is 1. The average molecular weight is 221 g/mol. The highest BCUT2D eigenvalue weighted by Gasteiger charge is 2.12. The van der Waals surface area contributed by atoms with Gasteiger partial charge < -0.3 is 10.4 Å². The first-order valence-electron chi connectivity index (χ1n) is 4.94. The zero-order chi connectivity index (χ0) is 12.1. The lowest BCUT2D eigenvalue weighted by atomic mass is 10.2. The Morgan fingerprint density at radius 3 is 2.81 bits per heavy atom. The Morgan fingerprint density at radius 2 is 2.31 bits per heavy atom. The summed E-state index contributed by atoms with van der Waals surface area (Å²) >= 11 is 0. The number of amides is 1. The highest BCUT2D eigenvalue weighted by Crippen LogP contribution is 2.12. The summed E-state index contributed by atoms with van der Waals surface area (Å²) in [4.78, 5) is 11.4. The summed E-state index contributed by atoms with van der Waals surface area (Å²) in [6.07, 6.45) is 5.03. The van der Waals surface area contributed by atoms with Crippen LogP contribution < -0.4 is 5.32 Å². The van der Waals surface area contributed by atoms with Gasteiger partial charge in [-0.1, -0.05) is 5.92 Å². The standard InChI is InChI=1S/C11H15N3O2/c1-4-5-12-11(16)6-14-9(3)10(7-15)8(2)13-14/h1,15H,5-7H2,2-3H3,(H,12,16). The number of nitrogens with one attached hydrogen (secondary N) is 1. The molecule has 0 saturated carbocycles. The predicted molar refractivity (Wildman–Crippen MR) is 59.5 cm³/mol. The molecule has 0 radical (unpaired) electrons. The molecule has 0 atom stereocenters. The van der Waals surface area contributed by atoms with Crippen LogP contribution in [0.5, 0.6) is 0 Å². The minimum absolute atomic E-state index is 0.0658. The third-order valence-electron chi connectivity index (χ3n) is 2.37. The topological polar surface area (TPSA) is 67.2 Å². The smallest absolute Gasteiger partial charge is 0.242 e. The van der Waals surface area contributed by atoms with Crippen LogP contribution in [0.15, 0.2) is 0 Å². The second-order valence-electron chi connectivity index (χ2n) is 3.45. The minimum Gasteiger partial charge on any atom is -0.392 e. The molecule has 1 aromatic heterocycles. The van der Waals surface area contributed by atoms with Crippen LogP contribution in [-0.4, -0.2) is 27.3 Å². The van der Waals surface area contributed by atoms with Crippen molar-refractivity contribution in [3.8, 4) is 12.3 Å². The van der Waals surface area contributed by atoms with Gasteiger partial charge in [0.2, 0.25) is 5.91 Å². The summed E-state index contributed by atoms with van der Waals surface area (Å²) < 4.78 is 1.56. The summed E-state index contributed by atoms with van der Waals surface area (Å²) in [7, 11) is 0. The summed E-state index contributed by atoms with van der Waals surface area (Å²) in [5.74, 6) is 2.14. The van der Waals surface area contributed by atoms with E-state index in [2.05, 4.69) is 16.3 Å². The monoisotopic (exact) mass is 221 g/mol. The highest BCUT2D eigenvalue weighted by atomic mass is 16.3. The maximum Gasteiger partial charge on any atom is 0.242 e. The molecule has 5 nitrogen and oxygen atoms in total. The Kier molecular flexibility index (Phi) is 4.09. The summed E-state index contributed by atoms with van der Waals surface area (Å²) in [5, 5.41) is 15.8. The number of hydrogen-bond donors (Lipinski definition) is 2. The third-order valence-corrected chi connectivity index (χ3v) is 2.37. The van der Waals surface area contributed by atoms with Gasteiger partial charge in [-0.05, 0) is 13.8 Å². The molecular formula is C11H15N3O2. The highest BCUT2D eigenvalue weighted by molar-refractivity contribution is 5.76. The molecule has 86 valence electrons. The molecule has 5 heteroatoms. The average Bonchev–Trinajstić information content (AvgIpc) is 2.51. The molecule has 0 aliphatic carbocycles. The van der Waals surface area contributed by atoms with E-state index in [0.717, 1.165) is 17.0 Å². The van der Waals surface area contributed by atoms with Gasteiger partial charge in [0.1, 0.15) is 6.54 Å². The second-order valence-corrected chi connectivity index (χ2v) is 3.45. The molecule has 0 saturated heterocycles. The van der Waals surface area contributed by atoms with E-state index in [1.165, 1.54) is 0 Å². The number of aliphatic hydroxyl groups is 1. The second kappa shape index (κ2) is 5.33. The first-order chi connectivity index (χ1) is 7.60. The molecule has 0 aliphatic heterocycles. The lowest BCUT2D eigenvalue weighted by molar-refractivity contribution is -0.121. The van der Waals surface area contributed by atoms with Gasteiger partial charge in [0.05, 0.1) is 18.8 Å². The molecule has 0 fully saturated rings. The molecule has 1 amide bonds. The number of carbonyl (C=O) groups excluding carboxylic acids is 1. The van der Waals surface area contributed by atoms with E-state index in [-0.39, 0.29) is 25.6 Å². The summed E-state index contributed by atoms with van der Waals surface area (Å²) in [6.45, 7) is 3.89. The van der Waals surface area contributed by atoms with E-state index >= 15 is 0 Å². The molecule has 1 aromatic rings. The number of terminal acetylenes is 1. The minimum atomic E-state index is -0.187. The number of aromatic nitrogens is 2. The summed E-state index contributed by atoms with van der Waals surface area (Å²) in [5.41, 5.74) is 2.31. The zero-order valence-corrected chi connectivity index (χ0v) is 9.45. The van der Waals surface area contributed by atoms with E-state index in [9.17, 15) is 4.79 Å². The Labute approximate surface area is 94.5 Å². The van der Waals surface area contributed by atoms with Crippen molar-refractivity contribution in [3.05, 3.63) is 17.0 Å². The molecule has 0 unspecified atom stereocenters. The van der Waals surface area contributed by atoms with Crippen molar-refractivity contribution in [2.24, 2.45) is 0 Å². The fourth-order valence-electron chi connectivity index (χ4n) is 1.46. The predicted octanol–water partition coefficient (Wildman–Crippen LogP) is -0.258. The van der Waals surface area contributed by atoms with Crippen LogP contribution in [0.4, 0.5) is 0 Å². The van der Waals surface area contributed by atoms with Gasteiger partial charge in [0.25, 0.3) is 0 Å². The molecule has 1 heterocycles. The largest absolute Gasteiger partial charge is 0.392 e. The molecule has 1 rings (SSSR count). The Morgan fingerprint density at radius 1 is 1.62 bits per heavy atom. The molecule has 0 bridgehead atoms. The first kappa shape index (κ1) is 12.3. The van der Waals surface area contributed by atoms with Crippen LogP contribution in [0.3, 0.4) is 0 Å². The molecular weight excluding hydrogens is 206 g/mol. The van der Waals surface area contributed by atoms with E-state index in [1.807, 2.05) is 6.92 Å². The third kappa shape index (κ3) is 2.61. The number of aliphatic hydroxyl groups excluding tert-OH is 1. The van der Waals surface area contributed by atoms with Crippen LogP contribution in [0.2, 0.25) is 0 Å². The quantitative estimate of drug-likeness (QED) is 0.688. The Balaban J connectivity index is 2.75. The van der Waals surface area contributed by atoms with Crippen LogP contribution in [0.25, 0.3) is 0 Å². The van der Waals surface area contributed by atoms with Gasteiger partial charge in [0.15, 0.2) is 0 Å². The van der Waals surface area contributed by atoms with Gasteiger partial charge in [-0.15, -0.1) is 6.42 Å². The SMILES string of the molecule is C#CCNC(=O)Cn1nc(C)c(CO)c1C. The Bertz CT molecular complexity index is 429. The first-order valence-corrected chi connectivity index (χ1v) is 4.94. The maximum atomic E-state index is 11.4. The van der Waals surface area contributed by atoms with Crippen molar-refractivity contribution < 1.29 is 9.90 Å².